The number of benzene rings is 1. The third-order valence-corrected chi connectivity index (χ3v) is 4.21. The van der Waals surface area contributed by atoms with E-state index in [1.54, 1.807) is 0 Å². The molecule has 0 radical (unpaired) electrons. The van der Waals surface area contributed by atoms with Crippen LogP contribution < -0.4 is 10.5 Å². The monoisotopic (exact) mass is 282 g/mol. The van der Waals surface area contributed by atoms with Crippen LogP contribution in [-0.4, -0.2) is 37.7 Å². The first-order valence-electron chi connectivity index (χ1n) is 7.00. The van der Waals surface area contributed by atoms with Crippen LogP contribution in [0.1, 0.15) is 13.3 Å². The fourth-order valence-electron chi connectivity index (χ4n) is 2.58. The second kappa shape index (κ2) is 7.13. The van der Waals surface area contributed by atoms with Gasteiger partial charge in [0.1, 0.15) is 12.4 Å². The molecule has 2 N–H and O–H groups in total. The maximum atomic E-state index is 5.92. The van der Waals surface area contributed by atoms with Gasteiger partial charge in [-0.05, 0) is 49.5 Å². The number of rotatable bonds is 5. The molecule has 0 spiro atoms. The number of halogens is 1. The van der Waals surface area contributed by atoms with Gasteiger partial charge < -0.3 is 10.5 Å². The molecule has 0 aromatic heterocycles. The van der Waals surface area contributed by atoms with Crippen molar-refractivity contribution in [3.05, 3.63) is 29.3 Å². The molecule has 1 aliphatic rings. The van der Waals surface area contributed by atoms with Gasteiger partial charge in [-0.3, -0.25) is 4.90 Å². The highest BCUT2D eigenvalue weighted by atomic mass is 35.5. The predicted molar refractivity (Wildman–Crippen MR) is 79.7 cm³/mol. The summed E-state index contributed by atoms with van der Waals surface area (Å²) in [7, 11) is 0. The normalized spacial score (nSPS) is 24.4. The molecule has 0 aliphatic carbocycles. The number of likely N-dealkylation sites (tertiary alicyclic amines) is 1. The Kier molecular flexibility index (Phi) is 5.49. The fourth-order valence-corrected chi connectivity index (χ4v) is 2.76. The summed E-state index contributed by atoms with van der Waals surface area (Å²) >= 11 is 5.92. The summed E-state index contributed by atoms with van der Waals surface area (Å²) in [4.78, 5) is 2.45. The molecule has 1 fully saturated rings. The smallest absolute Gasteiger partial charge is 0.120 e. The van der Waals surface area contributed by atoms with E-state index in [9.17, 15) is 0 Å². The molecular formula is C15H23ClN2O. The van der Waals surface area contributed by atoms with E-state index in [0.717, 1.165) is 37.8 Å². The molecule has 19 heavy (non-hydrogen) atoms. The lowest BCUT2D eigenvalue weighted by molar-refractivity contribution is 0.114. The SMILES string of the molecule is CC1CCN(CCOc2cccc(Cl)c2)CC1CN. The van der Waals surface area contributed by atoms with Gasteiger partial charge in [-0.2, -0.15) is 0 Å². The topological polar surface area (TPSA) is 38.5 Å². The van der Waals surface area contributed by atoms with E-state index < -0.39 is 0 Å². The third-order valence-electron chi connectivity index (χ3n) is 3.97. The number of nitrogens with zero attached hydrogens (tertiary/aromatic N) is 1. The number of hydrogen-bond acceptors (Lipinski definition) is 3. The van der Waals surface area contributed by atoms with Crippen molar-refractivity contribution in [1.29, 1.82) is 0 Å². The lowest BCUT2D eigenvalue weighted by Crippen LogP contribution is -2.44. The molecule has 0 bridgehead atoms. The van der Waals surface area contributed by atoms with Crippen LogP contribution in [0.15, 0.2) is 24.3 Å². The molecule has 106 valence electrons. The summed E-state index contributed by atoms with van der Waals surface area (Å²) in [5.41, 5.74) is 5.82. The van der Waals surface area contributed by atoms with Crippen molar-refractivity contribution in [3.63, 3.8) is 0 Å². The van der Waals surface area contributed by atoms with Crippen molar-refractivity contribution in [2.75, 3.05) is 32.8 Å². The maximum absolute atomic E-state index is 5.92. The van der Waals surface area contributed by atoms with E-state index in [1.807, 2.05) is 24.3 Å². The van der Waals surface area contributed by atoms with E-state index in [-0.39, 0.29) is 0 Å². The Morgan fingerprint density at radius 2 is 2.32 bits per heavy atom. The summed E-state index contributed by atoms with van der Waals surface area (Å²) in [5, 5.41) is 0.715. The van der Waals surface area contributed by atoms with Gasteiger partial charge in [0.2, 0.25) is 0 Å². The molecule has 1 aromatic carbocycles. The minimum atomic E-state index is 0.625. The molecule has 2 rings (SSSR count). The van der Waals surface area contributed by atoms with Gasteiger partial charge in [0.25, 0.3) is 0 Å². The molecule has 0 saturated carbocycles. The number of nitrogens with two attached hydrogens (primary N) is 1. The van der Waals surface area contributed by atoms with Crippen LogP contribution in [0.3, 0.4) is 0 Å². The molecule has 0 amide bonds. The van der Waals surface area contributed by atoms with Gasteiger partial charge in [0.15, 0.2) is 0 Å². The first-order chi connectivity index (χ1) is 9.19. The molecule has 3 nitrogen and oxygen atoms in total. The molecule has 2 unspecified atom stereocenters. The van der Waals surface area contributed by atoms with Crippen molar-refractivity contribution in [1.82, 2.24) is 4.90 Å². The summed E-state index contributed by atoms with van der Waals surface area (Å²) < 4.78 is 5.73. The Morgan fingerprint density at radius 1 is 1.47 bits per heavy atom. The Bertz CT molecular complexity index is 399. The maximum Gasteiger partial charge on any atom is 0.120 e. The summed E-state index contributed by atoms with van der Waals surface area (Å²) in [6.45, 7) is 6.99. The first kappa shape index (κ1) is 14.6. The second-order valence-electron chi connectivity index (χ2n) is 5.37. The minimum Gasteiger partial charge on any atom is -0.492 e. The summed E-state index contributed by atoms with van der Waals surface area (Å²) in [6.07, 6.45) is 1.24. The van der Waals surface area contributed by atoms with Gasteiger partial charge >= 0.3 is 0 Å². The zero-order valence-corrected chi connectivity index (χ0v) is 12.3. The van der Waals surface area contributed by atoms with Crippen LogP contribution in [0.5, 0.6) is 5.75 Å². The van der Waals surface area contributed by atoms with Crippen LogP contribution in [0.2, 0.25) is 5.02 Å². The first-order valence-corrected chi connectivity index (χ1v) is 7.37. The number of ether oxygens (including phenoxy) is 1. The highest BCUT2D eigenvalue weighted by Gasteiger charge is 2.24. The molecule has 1 aromatic rings. The predicted octanol–water partition coefficient (Wildman–Crippen LogP) is 2.64. The Morgan fingerprint density at radius 3 is 3.05 bits per heavy atom. The fraction of sp³-hybridized carbons (Fsp3) is 0.600. The van der Waals surface area contributed by atoms with E-state index in [4.69, 9.17) is 22.1 Å². The van der Waals surface area contributed by atoms with Crippen molar-refractivity contribution in [3.8, 4) is 5.75 Å². The van der Waals surface area contributed by atoms with Crippen molar-refractivity contribution in [2.24, 2.45) is 17.6 Å². The standard InChI is InChI=1S/C15H23ClN2O/c1-12-5-6-18(11-13(12)10-17)7-8-19-15-4-2-3-14(16)9-15/h2-4,9,12-13H,5-8,10-11,17H2,1H3. The van der Waals surface area contributed by atoms with E-state index in [1.165, 1.54) is 6.42 Å². The third kappa shape index (κ3) is 4.37. The Labute approximate surface area is 120 Å². The van der Waals surface area contributed by atoms with Gasteiger partial charge in [-0.1, -0.05) is 24.6 Å². The van der Waals surface area contributed by atoms with Crippen LogP contribution in [0.25, 0.3) is 0 Å². The average molecular weight is 283 g/mol. The van der Waals surface area contributed by atoms with Gasteiger partial charge in [-0.15, -0.1) is 0 Å². The summed E-state index contributed by atoms with van der Waals surface area (Å²) in [5.74, 6) is 2.21. The number of piperidine rings is 1. The van der Waals surface area contributed by atoms with Gasteiger partial charge in [0, 0.05) is 18.1 Å². The average Bonchev–Trinajstić information content (AvgIpc) is 2.41. The molecular weight excluding hydrogens is 260 g/mol. The Hall–Kier alpha value is -0.770. The van der Waals surface area contributed by atoms with E-state index in [2.05, 4.69) is 11.8 Å². The van der Waals surface area contributed by atoms with E-state index in [0.29, 0.717) is 17.5 Å². The van der Waals surface area contributed by atoms with Crippen molar-refractivity contribution < 1.29 is 4.74 Å². The summed E-state index contributed by atoms with van der Waals surface area (Å²) in [6, 6.07) is 7.55. The zero-order chi connectivity index (χ0) is 13.7. The highest BCUT2D eigenvalue weighted by molar-refractivity contribution is 6.30. The zero-order valence-electron chi connectivity index (χ0n) is 11.5. The highest BCUT2D eigenvalue weighted by Crippen LogP contribution is 2.22. The minimum absolute atomic E-state index is 0.625. The van der Waals surface area contributed by atoms with Crippen LogP contribution in [0, 0.1) is 11.8 Å². The van der Waals surface area contributed by atoms with Gasteiger partial charge in [0.05, 0.1) is 0 Å². The van der Waals surface area contributed by atoms with Gasteiger partial charge in [-0.25, -0.2) is 0 Å². The molecule has 1 saturated heterocycles. The van der Waals surface area contributed by atoms with Crippen LogP contribution in [-0.2, 0) is 0 Å². The second-order valence-corrected chi connectivity index (χ2v) is 5.80. The Balaban J connectivity index is 1.74. The molecule has 2 atom stereocenters. The van der Waals surface area contributed by atoms with Crippen molar-refractivity contribution >= 4 is 11.6 Å². The van der Waals surface area contributed by atoms with Crippen LogP contribution >= 0.6 is 11.6 Å². The lowest BCUT2D eigenvalue weighted by atomic mass is 9.87. The molecule has 4 heteroatoms. The van der Waals surface area contributed by atoms with E-state index >= 15 is 0 Å². The molecule has 1 aliphatic heterocycles. The van der Waals surface area contributed by atoms with Crippen molar-refractivity contribution in [2.45, 2.75) is 13.3 Å². The number of hydrogen-bond donors (Lipinski definition) is 1. The molecule has 1 heterocycles. The van der Waals surface area contributed by atoms with Crippen LogP contribution in [0.4, 0.5) is 0 Å². The quantitative estimate of drug-likeness (QED) is 0.902. The lowest BCUT2D eigenvalue weighted by Gasteiger charge is -2.36. The largest absolute Gasteiger partial charge is 0.492 e.